The normalized spacial score (nSPS) is 13.6. The Hall–Kier alpha value is -2.07. The number of benzene rings is 1. The predicted octanol–water partition coefficient (Wildman–Crippen LogP) is 3.17. The summed E-state index contributed by atoms with van der Waals surface area (Å²) in [5.41, 5.74) is 0.912. The molecule has 0 aliphatic carbocycles. The van der Waals surface area contributed by atoms with Crippen molar-refractivity contribution in [1.29, 1.82) is 0 Å². The minimum atomic E-state index is -0.249. The molecule has 0 unspecified atom stereocenters. The lowest BCUT2D eigenvalue weighted by atomic mass is 10.2. The van der Waals surface area contributed by atoms with E-state index in [1.54, 1.807) is 17.2 Å². The van der Waals surface area contributed by atoms with Crippen molar-refractivity contribution in [2.24, 2.45) is 0 Å². The standard InChI is InChI=1S/C15H16FNO2/c1-13(19-17-9-3-2-4-10-17)11-18-12-14-5-7-15(16)8-6-14/h2-9H,1,10-12H2. The summed E-state index contributed by atoms with van der Waals surface area (Å²) in [6, 6.07) is 6.21. The van der Waals surface area contributed by atoms with Gasteiger partial charge in [-0.1, -0.05) is 30.9 Å². The molecule has 0 atom stereocenters. The van der Waals surface area contributed by atoms with Gasteiger partial charge in [0, 0.05) is 6.20 Å². The van der Waals surface area contributed by atoms with E-state index in [9.17, 15) is 4.39 Å². The predicted molar refractivity (Wildman–Crippen MR) is 71.3 cm³/mol. The van der Waals surface area contributed by atoms with Gasteiger partial charge in [-0.3, -0.25) is 0 Å². The molecule has 1 aliphatic rings. The molecular weight excluding hydrogens is 245 g/mol. The fourth-order valence-corrected chi connectivity index (χ4v) is 1.57. The molecule has 0 radical (unpaired) electrons. The number of ether oxygens (including phenoxy) is 1. The molecule has 100 valence electrons. The number of halogens is 1. The highest BCUT2D eigenvalue weighted by Crippen LogP contribution is 2.08. The number of allylic oxidation sites excluding steroid dienone is 2. The third kappa shape index (κ3) is 4.60. The van der Waals surface area contributed by atoms with Crippen molar-refractivity contribution in [3.63, 3.8) is 0 Å². The van der Waals surface area contributed by atoms with E-state index in [0.717, 1.165) is 5.56 Å². The summed E-state index contributed by atoms with van der Waals surface area (Å²) in [6.45, 7) is 5.17. The Morgan fingerprint density at radius 1 is 1.26 bits per heavy atom. The van der Waals surface area contributed by atoms with Gasteiger partial charge in [0.05, 0.1) is 13.2 Å². The van der Waals surface area contributed by atoms with Gasteiger partial charge in [-0.05, 0) is 23.8 Å². The quantitative estimate of drug-likeness (QED) is 0.734. The van der Waals surface area contributed by atoms with Gasteiger partial charge in [-0.15, -0.1) is 0 Å². The van der Waals surface area contributed by atoms with Crippen LogP contribution in [0, 0.1) is 5.82 Å². The van der Waals surface area contributed by atoms with E-state index in [1.807, 2.05) is 24.4 Å². The molecule has 4 heteroatoms. The molecule has 0 bridgehead atoms. The van der Waals surface area contributed by atoms with Gasteiger partial charge in [0.25, 0.3) is 0 Å². The van der Waals surface area contributed by atoms with E-state index in [0.29, 0.717) is 25.5 Å². The second-order valence-electron chi connectivity index (χ2n) is 4.12. The molecule has 19 heavy (non-hydrogen) atoms. The lowest BCUT2D eigenvalue weighted by Gasteiger charge is -2.21. The first-order chi connectivity index (χ1) is 9.24. The van der Waals surface area contributed by atoms with Crippen molar-refractivity contribution in [2.45, 2.75) is 6.61 Å². The van der Waals surface area contributed by atoms with Crippen LogP contribution in [0.1, 0.15) is 5.56 Å². The molecule has 2 rings (SSSR count). The first-order valence-corrected chi connectivity index (χ1v) is 6.02. The van der Waals surface area contributed by atoms with Crippen molar-refractivity contribution >= 4 is 0 Å². The highest BCUT2D eigenvalue weighted by Gasteiger charge is 2.04. The van der Waals surface area contributed by atoms with Crippen LogP contribution in [0.4, 0.5) is 4.39 Å². The number of hydrogen-bond donors (Lipinski definition) is 0. The molecule has 0 saturated heterocycles. The van der Waals surface area contributed by atoms with E-state index in [4.69, 9.17) is 9.57 Å². The molecule has 0 N–H and O–H groups in total. The largest absolute Gasteiger partial charge is 0.382 e. The number of hydroxylamine groups is 2. The Balaban J connectivity index is 1.67. The molecule has 1 aromatic carbocycles. The summed E-state index contributed by atoms with van der Waals surface area (Å²) in [6.07, 6.45) is 7.64. The third-order valence-corrected chi connectivity index (χ3v) is 2.48. The van der Waals surface area contributed by atoms with Crippen LogP contribution in [0.2, 0.25) is 0 Å². The fourth-order valence-electron chi connectivity index (χ4n) is 1.57. The zero-order chi connectivity index (χ0) is 13.5. The van der Waals surface area contributed by atoms with Crippen molar-refractivity contribution < 1.29 is 14.0 Å². The molecule has 1 heterocycles. The monoisotopic (exact) mass is 261 g/mol. The molecule has 0 amide bonds. The molecule has 0 saturated carbocycles. The molecule has 0 aromatic heterocycles. The van der Waals surface area contributed by atoms with Crippen molar-refractivity contribution in [1.82, 2.24) is 5.06 Å². The van der Waals surface area contributed by atoms with E-state index in [2.05, 4.69) is 6.58 Å². The first-order valence-electron chi connectivity index (χ1n) is 6.02. The van der Waals surface area contributed by atoms with Gasteiger partial charge in [0.15, 0.2) is 5.76 Å². The summed E-state index contributed by atoms with van der Waals surface area (Å²) in [5.74, 6) is 0.281. The van der Waals surface area contributed by atoms with Crippen LogP contribution in [0.5, 0.6) is 0 Å². The lowest BCUT2D eigenvalue weighted by molar-refractivity contribution is -0.0831. The van der Waals surface area contributed by atoms with Gasteiger partial charge >= 0.3 is 0 Å². The Kier molecular flexibility index (Phi) is 4.75. The van der Waals surface area contributed by atoms with Crippen LogP contribution in [-0.4, -0.2) is 18.2 Å². The van der Waals surface area contributed by atoms with Crippen LogP contribution in [0.25, 0.3) is 0 Å². The van der Waals surface area contributed by atoms with Gasteiger partial charge < -0.3 is 9.57 Å². The molecule has 0 spiro atoms. The van der Waals surface area contributed by atoms with Crippen LogP contribution < -0.4 is 0 Å². The minimum absolute atomic E-state index is 0.249. The third-order valence-electron chi connectivity index (χ3n) is 2.48. The summed E-state index contributed by atoms with van der Waals surface area (Å²) >= 11 is 0. The topological polar surface area (TPSA) is 21.7 Å². The van der Waals surface area contributed by atoms with Crippen molar-refractivity contribution in [3.05, 3.63) is 72.4 Å². The second-order valence-corrected chi connectivity index (χ2v) is 4.12. The second kappa shape index (κ2) is 6.75. The van der Waals surface area contributed by atoms with Crippen molar-refractivity contribution in [3.8, 4) is 0 Å². The number of hydrogen-bond acceptors (Lipinski definition) is 3. The Labute approximate surface area is 112 Å². The molecule has 0 fully saturated rings. The Morgan fingerprint density at radius 2 is 2.05 bits per heavy atom. The maximum atomic E-state index is 12.7. The Morgan fingerprint density at radius 3 is 2.74 bits per heavy atom. The molecule has 1 aromatic rings. The SMILES string of the molecule is C=C(COCc1ccc(F)cc1)ON1C=CC=CC1. The van der Waals surface area contributed by atoms with Crippen LogP contribution in [0.15, 0.2) is 61.0 Å². The van der Waals surface area contributed by atoms with Crippen molar-refractivity contribution in [2.75, 3.05) is 13.2 Å². The van der Waals surface area contributed by atoms with E-state index in [-0.39, 0.29) is 5.82 Å². The van der Waals surface area contributed by atoms with Gasteiger partial charge in [0.1, 0.15) is 12.4 Å². The highest BCUT2D eigenvalue weighted by molar-refractivity contribution is 5.15. The minimum Gasteiger partial charge on any atom is -0.382 e. The highest BCUT2D eigenvalue weighted by atomic mass is 19.1. The number of nitrogens with zero attached hydrogens (tertiary/aromatic N) is 1. The zero-order valence-corrected chi connectivity index (χ0v) is 10.6. The summed E-state index contributed by atoms with van der Waals surface area (Å²) in [7, 11) is 0. The van der Waals surface area contributed by atoms with Crippen LogP contribution in [-0.2, 0) is 16.2 Å². The van der Waals surface area contributed by atoms with E-state index < -0.39 is 0 Å². The lowest BCUT2D eigenvalue weighted by Crippen LogP contribution is -2.20. The van der Waals surface area contributed by atoms with E-state index in [1.165, 1.54) is 12.1 Å². The molecule has 1 aliphatic heterocycles. The zero-order valence-electron chi connectivity index (χ0n) is 10.6. The Bertz CT molecular complexity index is 479. The molecule has 3 nitrogen and oxygen atoms in total. The van der Waals surface area contributed by atoms with Crippen LogP contribution >= 0.6 is 0 Å². The maximum Gasteiger partial charge on any atom is 0.150 e. The van der Waals surface area contributed by atoms with Gasteiger partial charge in [-0.25, -0.2) is 9.45 Å². The van der Waals surface area contributed by atoms with Gasteiger partial charge in [0.2, 0.25) is 0 Å². The smallest absolute Gasteiger partial charge is 0.150 e. The summed E-state index contributed by atoms with van der Waals surface area (Å²) < 4.78 is 18.2. The van der Waals surface area contributed by atoms with Crippen LogP contribution in [0.3, 0.4) is 0 Å². The maximum absolute atomic E-state index is 12.7. The fraction of sp³-hybridized carbons (Fsp3) is 0.200. The first kappa shape index (κ1) is 13.4. The summed E-state index contributed by atoms with van der Waals surface area (Å²) in [4.78, 5) is 5.46. The summed E-state index contributed by atoms with van der Waals surface area (Å²) in [5, 5.41) is 1.67. The molecular formula is C15H16FNO2. The van der Waals surface area contributed by atoms with E-state index >= 15 is 0 Å². The average Bonchev–Trinajstić information content (AvgIpc) is 2.42. The number of rotatable bonds is 6. The average molecular weight is 261 g/mol. The van der Waals surface area contributed by atoms with Gasteiger partial charge in [-0.2, -0.15) is 0 Å².